The molecule has 0 amide bonds. The van der Waals surface area contributed by atoms with Crippen LogP contribution in [0.2, 0.25) is 0 Å². The van der Waals surface area contributed by atoms with Crippen LogP contribution in [0.4, 0.5) is 0 Å². The Morgan fingerprint density at radius 2 is 1.97 bits per heavy atom. The number of aromatic nitrogens is 1. The van der Waals surface area contributed by atoms with Crippen LogP contribution in [0.5, 0.6) is 11.5 Å². The van der Waals surface area contributed by atoms with Gasteiger partial charge in [-0.25, -0.2) is 0 Å². The molecule has 1 saturated heterocycles. The van der Waals surface area contributed by atoms with Crippen molar-refractivity contribution in [2.24, 2.45) is 5.92 Å². The zero-order valence-electron chi connectivity index (χ0n) is 17.3. The van der Waals surface area contributed by atoms with E-state index < -0.39 is 0 Å². The minimum atomic E-state index is 0.328. The van der Waals surface area contributed by atoms with E-state index in [1.54, 1.807) is 0 Å². The van der Waals surface area contributed by atoms with Crippen molar-refractivity contribution >= 4 is 0 Å². The number of ether oxygens (including phenoxy) is 3. The van der Waals surface area contributed by atoms with Crippen LogP contribution in [-0.2, 0) is 17.7 Å². The van der Waals surface area contributed by atoms with Crippen molar-refractivity contribution in [2.75, 3.05) is 52.7 Å². The van der Waals surface area contributed by atoms with Crippen LogP contribution in [0.3, 0.4) is 0 Å². The summed E-state index contributed by atoms with van der Waals surface area (Å²) in [6.07, 6.45) is 4.84. The van der Waals surface area contributed by atoms with Gasteiger partial charge in [-0.1, -0.05) is 19.1 Å². The Hall–Kier alpha value is -2.15. The van der Waals surface area contributed by atoms with E-state index in [4.69, 9.17) is 14.2 Å². The average Bonchev–Trinajstić information content (AvgIpc) is 3.21. The Morgan fingerprint density at radius 1 is 1.10 bits per heavy atom. The molecule has 2 aliphatic heterocycles. The first-order valence-corrected chi connectivity index (χ1v) is 10.6. The minimum Gasteiger partial charge on any atom is -0.454 e. The molecule has 3 heterocycles. The molecule has 0 N–H and O–H groups in total. The molecule has 1 atom stereocenters. The normalized spacial score (nSPS) is 17.6. The first-order chi connectivity index (χ1) is 14.3. The number of fused-ring (bicyclic) bond motifs is 1. The quantitative estimate of drug-likeness (QED) is 0.649. The topological polar surface area (TPSA) is 47.1 Å². The van der Waals surface area contributed by atoms with Gasteiger partial charge in [0.15, 0.2) is 11.5 Å². The maximum atomic E-state index is 5.53. The van der Waals surface area contributed by atoms with Crippen LogP contribution in [0.15, 0.2) is 42.7 Å². The third-order valence-corrected chi connectivity index (χ3v) is 5.56. The Labute approximate surface area is 173 Å². The monoisotopic (exact) mass is 397 g/mol. The lowest BCUT2D eigenvalue weighted by Gasteiger charge is -2.31. The average molecular weight is 398 g/mol. The number of morpholine rings is 1. The van der Waals surface area contributed by atoms with E-state index in [2.05, 4.69) is 39.9 Å². The van der Waals surface area contributed by atoms with Crippen molar-refractivity contribution < 1.29 is 14.2 Å². The molecule has 1 aromatic heterocycles. The summed E-state index contributed by atoms with van der Waals surface area (Å²) < 4.78 is 16.4. The van der Waals surface area contributed by atoms with Crippen molar-refractivity contribution in [2.45, 2.75) is 19.9 Å². The number of benzene rings is 1. The van der Waals surface area contributed by atoms with Gasteiger partial charge in [0.25, 0.3) is 0 Å². The van der Waals surface area contributed by atoms with E-state index in [1.807, 2.05) is 24.5 Å². The van der Waals surface area contributed by atoms with Crippen LogP contribution < -0.4 is 9.47 Å². The largest absolute Gasteiger partial charge is 0.454 e. The van der Waals surface area contributed by atoms with Gasteiger partial charge in [0.2, 0.25) is 6.79 Å². The maximum absolute atomic E-state index is 5.53. The van der Waals surface area contributed by atoms with E-state index in [-0.39, 0.29) is 0 Å². The summed E-state index contributed by atoms with van der Waals surface area (Å²) >= 11 is 0. The molecule has 0 spiro atoms. The number of rotatable bonds is 9. The third-order valence-electron chi connectivity index (χ3n) is 5.56. The highest BCUT2D eigenvalue weighted by atomic mass is 16.7. The summed E-state index contributed by atoms with van der Waals surface area (Å²) in [5, 5.41) is 0. The minimum absolute atomic E-state index is 0.328. The summed E-state index contributed by atoms with van der Waals surface area (Å²) in [7, 11) is 0. The van der Waals surface area contributed by atoms with E-state index in [0.29, 0.717) is 12.7 Å². The van der Waals surface area contributed by atoms with Gasteiger partial charge >= 0.3 is 0 Å². The summed E-state index contributed by atoms with van der Waals surface area (Å²) in [5.74, 6) is 2.26. The summed E-state index contributed by atoms with van der Waals surface area (Å²) in [5.41, 5.74) is 2.57. The highest BCUT2D eigenvalue weighted by molar-refractivity contribution is 5.44. The molecule has 29 heavy (non-hydrogen) atoms. The Bertz CT molecular complexity index is 765. The van der Waals surface area contributed by atoms with Gasteiger partial charge in [-0.2, -0.15) is 0 Å². The first-order valence-electron chi connectivity index (χ1n) is 10.6. The third kappa shape index (κ3) is 5.92. The lowest BCUT2D eigenvalue weighted by atomic mass is 10.00. The van der Waals surface area contributed by atoms with Crippen LogP contribution in [0.25, 0.3) is 0 Å². The van der Waals surface area contributed by atoms with Gasteiger partial charge in [-0.3, -0.25) is 14.8 Å². The maximum Gasteiger partial charge on any atom is 0.231 e. The first kappa shape index (κ1) is 20.1. The number of nitrogens with zero attached hydrogens (tertiary/aromatic N) is 3. The highest BCUT2D eigenvalue weighted by Gasteiger charge is 2.17. The molecule has 156 valence electrons. The summed E-state index contributed by atoms with van der Waals surface area (Å²) in [6, 6.07) is 10.5. The zero-order chi connectivity index (χ0) is 19.9. The van der Waals surface area contributed by atoms with E-state index >= 15 is 0 Å². The smallest absolute Gasteiger partial charge is 0.231 e. The number of hydrogen-bond donors (Lipinski definition) is 0. The van der Waals surface area contributed by atoms with Crippen molar-refractivity contribution in [3.8, 4) is 11.5 Å². The molecule has 1 aromatic carbocycles. The number of pyridine rings is 1. The molecule has 2 aliphatic rings. The van der Waals surface area contributed by atoms with Gasteiger partial charge < -0.3 is 14.2 Å². The van der Waals surface area contributed by atoms with Crippen LogP contribution in [-0.4, -0.2) is 67.5 Å². The second-order valence-corrected chi connectivity index (χ2v) is 8.05. The lowest BCUT2D eigenvalue weighted by Crippen LogP contribution is -2.42. The van der Waals surface area contributed by atoms with Crippen molar-refractivity contribution in [1.29, 1.82) is 0 Å². The SMILES string of the molecule is CC(Cc1ccc2c(c1)OCO2)CN(CCN1CCOCC1)Cc1cccnc1. The molecular formula is C23H31N3O3. The van der Waals surface area contributed by atoms with Crippen LogP contribution in [0, 0.1) is 5.92 Å². The standard InChI is InChI=1S/C23H31N3O3/c1-19(13-20-4-5-22-23(14-20)29-18-28-22)16-26(17-21-3-2-6-24-15-21)8-7-25-9-11-27-12-10-25/h2-6,14-15,19H,7-13,16-18H2,1H3. The Balaban J connectivity index is 1.35. The van der Waals surface area contributed by atoms with E-state index in [1.165, 1.54) is 11.1 Å². The molecule has 1 unspecified atom stereocenters. The second kappa shape index (κ2) is 10.1. The predicted molar refractivity (Wildman–Crippen MR) is 112 cm³/mol. The van der Waals surface area contributed by atoms with Crippen molar-refractivity contribution in [1.82, 2.24) is 14.8 Å². The van der Waals surface area contributed by atoms with Gasteiger partial charge in [0.05, 0.1) is 13.2 Å². The molecule has 0 aliphatic carbocycles. The second-order valence-electron chi connectivity index (χ2n) is 8.05. The van der Waals surface area contributed by atoms with Crippen molar-refractivity contribution in [3.63, 3.8) is 0 Å². The molecule has 0 bridgehead atoms. The van der Waals surface area contributed by atoms with E-state index in [0.717, 1.165) is 70.4 Å². The van der Waals surface area contributed by atoms with Gasteiger partial charge in [0.1, 0.15) is 0 Å². The fourth-order valence-corrected chi connectivity index (χ4v) is 4.07. The molecule has 4 rings (SSSR count). The lowest BCUT2D eigenvalue weighted by molar-refractivity contribution is 0.0322. The summed E-state index contributed by atoms with van der Waals surface area (Å²) in [6.45, 7) is 10.6. The van der Waals surface area contributed by atoms with Crippen LogP contribution >= 0.6 is 0 Å². The Morgan fingerprint density at radius 3 is 2.79 bits per heavy atom. The molecule has 0 saturated carbocycles. The molecule has 0 radical (unpaired) electrons. The molecule has 6 heteroatoms. The number of hydrogen-bond acceptors (Lipinski definition) is 6. The Kier molecular flexibility index (Phi) is 6.98. The molecule has 2 aromatic rings. The zero-order valence-corrected chi connectivity index (χ0v) is 17.3. The molecule has 6 nitrogen and oxygen atoms in total. The van der Waals surface area contributed by atoms with Gasteiger partial charge in [-0.15, -0.1) is 0 Å². The van der Waals surface area contributed by atoms with Gasteiger partial charge in [-0.05, 0) is 41.7 Å². The fourth-order valence-electron chi connectivity index (χ4n) is 4.07. The summed E-state index contributed by atoms with van der Waals surface area (Å²) in [4.78, 5) is 9.35. The predicted octanol–water partition coefficient (Wildman–Crippen LogP) is 2.82. The highest BCUT2D eigenvalue weighted by Crippen LogP contribution is 2.33. The molecule has 1 fully saturated rings. The van der Waals surface area contributed by atoms with Crippen LogP contribution in [0.1, 0.15) is 18.1 Å². The van der Waals surface area contributed by atoms with E-state index in [9.17, 15) is 0 Å². The molecular weight excluding hydrogens is 366 g/mol. The van der Waals surface area contributed by atoms with Crippen molar-refractivity contribution in [3.05, 3.63) is 53.9 Å². The van der Waals surface area contributed by atoms with Gasteiger partial charge in [0, 0.05) is 51.7 Å². The fraction of sp³-hybridized carbons (Fsp3) is 0.522.